The highest BCUT2D eigenvalue weighted by atomic mass is 79.9. The van der Waals surface area contributed by atoms with E-state index in [-0.39, 0.29) is 29.9 Å². The molecule has 3 N–H and O–H groups in total. The number of hydrogen-bond acceptors (Lipinski definition) is 2. The summed E-state index contributed by atoms with van der Waals surface area (Å²) >= 11 is 3.17. The second kappa shape index (κ2) is 7.22. The van der Waals surface area contributed by atoms with Gasteiger partial charge in [0.15, 0.2) is 0 Å². The maximum atomic E-state index is 13.6. The second-order valence-electron chi connectivity index (χ2n) is 4.63. The van der Waals surface area contributed by atoms with Gasteiger partial charge >= 0.3 is 0 Å². The zero-order valence-electron chi connectivity index (χ0n) is 10.4. The highest BCUT2D eigenvalue weighted by Crippen LogP contribution is 2.25. The summed E-state index contributed by atoms with van der Waals surface area (Å²) in [5.74, 6) is -0.554. The topological polar surface area (TPSA) is 55.1 Å². The lowest BCUT2D eigenvalue weighted by Gasteiger charge is -2.19. The molecular weight excluding hydrogens is 335 g/mol. The fourth-order valence-electron chi connectivity index (χ4n) is 2.43. The third-order valence-electron chi connectivity index (χ3n) is 3.45. The largest absolute Gasteiger partial charge is 0.349 e. The molecule has 2 rings (SSSR count). The zero-order chi connectivity index (χ0) is 13.1. The van der Waals surface area contributed by atoms with E-state index in [2.05, 4.69) is 21.2 Å². The summed E-state index contributed by atoms with van der Waals surface area (Å²) in [4.78, 5) is 12.0. The molecule has 6 heteroatoms. The van der Waals surface area contributed by atoms with Crippen molar-refractivity contribution < 1.29 is 9.18 Å². The summed E-state index contributed by atoms with van der Waals surface area (Å²) in [6.45, 7) is 0.563. The van der Waals surface area contributed by atoms with Gasteiger partial charge < -0.3 is 11.1 Å². The molecule has 106 valence electrons. The molecule has 1 saturated carbocycles. The Labute approximate surface area is 126 Å². The van der Waals surface area contributed by atoms with Crippen LogP contribution in [-0.4, -0.2) is 18.5 Å². The number of carbonyl (C=O) groups is 1. The van der Waals surface area contributed by atoms with Crippen molar-refractivity contribution in [3.8, 4) is 0 Å². The predicted octanol–water partition coefficient (Wildman–Crippen LogP) is 2.87. The minimum Gasteiger partial charge on any atom is -0.349 e. The smallest absolute Gasteiger partial charge is 0.254 e. The van der Waals surface area contributed by atoms with Crippen molar-refractivity contribution in [3.05, 3.63) is 34.1 Å². The van der Waals surface area contributed by atoms with Crippen molar-refractivity contribution in [2.75, 3.05) is 6.54 Å². The highest BCUT2D eigenvalue weighted by Gasteiger charge is 2.28. The second-order valence-corrected chi connectivity index (χ2v) is 5.55. The molecule has 0 saturated heterocycles. The standard InChI is InChI=1S/C13H16BrFN2O.ClH/c14-9-4-5-10(11(15)6-9)13(18)17-12-3-1-2-8(12)7-16;/h4-6,8,12H,1-3,7,16H2,(H,17,18);1H. The molecule has 1 aromatic rings. The lowest BCUT2D eigenvalue weighted by atomic mass is 10.0. The molecule has 0 aliphatic heterocycles. The van der Waals surface area contributed by atoms with Crippen molar-refractivity contribution in [2.24, 2.45) is 11.7 Å². The van der Waals surface area contributed by atoms with Crippen LogP contribution in [0, 0.1) is 11.7 Å². The quantitative estimate of drug-likeness (QED) is 0.880. The van der Waals surface area contributed by atoms with Crippen LogP contribution in [0.3, 0.4) is 0 Å². The SMILES string of the molecule is Cl.NCC1CCCC1NC(=O)c1ccc(Br)cc1F. The van der Waals surface area contributed by atoms with E-state index in [1.165, 1.54) is 12.1 Å². The van der Waals surface area contributed by atoms with Gasteiger partial charge in [-0.25, -0.2) is 4.39 Å². The van der Waals surface area contributed by atoms with Crippen LogP contribution in [0.1, 0.15) is 29.6 Å². The van der Waals surface area contributed by atoms with E-state index in [0.29, 0.717) is 16.9 Å². The lowest BCUT2D eigenvalue weighted by molar-refractivity contribution is 0.0924. The molecule has 1 aliphatic rings. The molecule has 19 heavy (non-hydrogen) atoms. The minimum atomic E-state index is -0.510. The minimum absolute atomic E-state index is 0. The van der Waals surface area contributed by atoms with E-state index in [0.717, 1.165) is 19.3 Å². The third kappa shape index (κ3) is 3.91. The van der Waals surface area contributed by atoms with Crippen molar-refractivity contribution in [1.82, 2.24) is 5.32 Å². The van der Waals surface area contributed by atoms with Crippen LogP contribution in [0.25, 0.3) is 0 Å². The molecule has 0 heterocycles. The lowest BCUT2D eigenvalue weighted by Crippen LogP contribution is -2.40. The van der Waals surface area contributed by atoms with Gasteiger partial charge in [0.25, 0.3) is 5.91 Å². The first kappa shape index (κ1) is 16.4. The molecular formula is C13H17BrClFN2O. The van der Waals surface area contributed by atoms with Crippen LogP contribution in [0.5, 0.6) is 0 Å². The molecule has 0 aromatic heterocycles. The summed E-state index contributed by atoms with van der Waals surface area (Å²) in [7, 11) is 0. The fourth-order valence-corrected chi connectivity index (χ4v) is 2.76. The van der Waals surface area contributed by atoms with Crippen LogP contribution in [0.2, 0.25) is 0 Å². The van der Waals surface area contributed by atoms with E-state index in [9.17, 15) is 9.18 Å². The summed E-state index contributed by atoms with van der Waals surface area (Å²) in [5.41, 5.74) is 5.74. The maximum absolute atomic E-state index is 13.6. The molecule has 1 aliphatic carbocycles. The van der Waals surface area contributed by atoms with Gasteiger partial charge in [-0.05, 0) is 43.5 Å². The third-order valence-corrected chi connectivity index (χ3v) is 3.95. The molecule has 0 bridgehead atoms. The maximum Gasteiger partial charge on any atom is 0.254 e. The highest BCUT2D eigenvalue weighted by molar-refractivity contribution is 9.10. The van der Waals surface area contributed by atoms with E-state index in [1.54, 1.807) is 6.07 Å². The van der Waals surface area contributed by atoms with Gasteiger partial charge in [0.1, 0.15) is 5.82 Å². The Hall–Kier alpha value is -0.650. The van der Waals surface area contributed by atoms with E-state index < -0.39 is 5.82 Å². The van der Waals surface area contributed by atoms with Gasteiger partial charge in [-0.15, -0.1) is 12.4 Å². The number of amides is 1. The first-order valence-electron chi connectivity index (χ1n) is 6.08. The first-order chi connectivity index (χ1) is 8.61. The molecule has 1 aromatic carbocycles. The summed E-state index contributed by atoms with van der Waals surface area (Å²) in [6, 6.07) is 4.52. The average molecular weight is 352 g/mol. The number of benzene rings is 1. The summed E-state index contributed by atoms with van der Waals surface area (Å²) < 4.78 is 14.3. The van der Waals surface area contributed by atoms with Crippen LogP contribution >= 0.6 is 28.3 Å². The molecule has 0 spiro atoms. The summed E-state index contributed by atoms with van der Waals surface area (Å²) in [6.07, 6.45) is 3.02. The fraction of sp³-hybridized carbons (Fsp3) is 0.462. The molecule has 2 unspecified atom stereocenters. The molecule has 1 amide bonds. The van der Waals surface area contributed by atoms with Gasteiger partial charge in [-0.3, -0.25) is 4.79 Å². The first-order valence-corrected chi connectivity index (χ1v) is 6.87. The van der Waals surface area contributed by atoms with E-state index in [4.69, 9.17) is 5.73 Å². The normalized spacial score (nSPS) is 21.8. The van der Waals surface area contributed by atoms with Crippen molar-refractivity contribution in [2.45, 2.75) is 25.3 Å². The van der Waals surface area contributed by atoms with Gasteiger partial charge in [-0.1, -0.05) is 22.4 Å². The molecule has 2 atom stereocenters. The van der Waals surface area contributed by atoms with E-state index >= 15 is 0 Å². The van der Waals surface area contributed by atoms with Gasteiger partial charge in [0.05, 0.1) is 5.56 Å². The Morgan fingerprint density at radius 2 is 2.21 bits per heavy atom. The predicted molar refractivity (Wildman–Crippen MR) is 79.0 cm³/mol. The van der Waals surface area contributed by atoms with Crippen LogP contribution in [-0.2, 0) is 0 Å². The number of hydrogen-bond donors (Lipinski definition) is 2. The molecule has 3 nitrogen and oxygen atoms in total. The van der Waals surface area contributed by atoms with Gasteiger partial charge in [0, 0.05) is 10.5 Å². The zero-order valence-corrected chi connectivity index (χ0v) is 12.8. The number of nitrogens with one attached hydrogen (secondary N) is 1. The number of rotatable bonds is 3. The Morgan fingerprint density at radius 3 is 2.84 bits per heavy atom. The van der Waals surface area contributed by atoms with Crippen molar-refractivity contribution >= 4 is 34.2 Å². The summed E-state index contributed by atoms with van der Waals surface area (Å²) in [5, 5.41) is 2.88. The molecule has 0 radical (unpaired) electrons. The Bertz CT molecular complexity index is 458. The van der Waals surface area contributed by atoms with Crippen molar-refractivity contribution in [3.63, 3.8) is 0 Å². The monoisotopic (exact) mass is 350 g/mol. The van der Waals surface area contributed by atoms with Gasteiger partial charge in [-0.2, -0.15) is 0 Å². The number of halogens is 3. The number of carbonyl (C=O) groups excluding carboxylic acids is 1. The van der Waals surface area contributed by atoms with Crippen LogP contribution in [0.15, 0.2) is 22.7 Å². The van der Waals surface area contributed by atoms with E-state index in [1.807, 2.05) is 0 Å². The van der Waals surface area contributed by atoms with Gasteiger partial charge in [0.2, 0.25) is 0 Å². The Kier molecular flexibility index (Phi) is 6.23. The Balaban J connectivity index is 0.00000180. The number of nitrogens with two attached hydrogens (primary N) is 1. The molecule has 1 fully saturated rings. The van der Waals surface area contributed by atoms with Crippen molar-refractivity contribution in [1.29, 1.82) is 0 Å². The Morgan fingerprint density at radius 1 is 1.47 bits per heavy atom. The average Bonchev–Trinajstić information content (AvgIpc) is 2.76. The van der Waals surface area contributed by atoms with Crippen LogP contribution < -0.4 is 11.1 Å². The van der Waals surface area contributed by atoms with Crippen LogP contribution in [0.4, 0.5) is 4.39 Å².